The van der Waals surface area contributed by atoms with Crippen molar-refractivity contribution in [2.75, 3.05) is 6.54 Å². The standard InChI is InChI=1S/C34H45ClFN3O4/c1-7-8-9-10-28(23-11-13-24(14-12-23)31(42)37-20-18-29(40)41)39-32(43)30(25-15-16-27(36)26(35)21-25)38-34(39,6)19-17-22(2)33(3,4)5/h11-16,21-22,28H,7-10,17-20H2,1-6H3,(H,37,42)(H,40,41)/t22?,28-,34?/m1/s1. The molecule has 2 aromatic rings. The van der Waals surface area contributed by atoms with Crippen LogP contribution >= 0.6 is 11.6 Å². The van der Waals surface area contributed by atoms with Crippen molar-refractivity contribution in [1.29, 1.82) is 0 Å². The fourth-order valence-electron chi connectivity index (χ4n) is 5.36. The Morgan fingerprint density at radius 3 is 2.37 bits per heavy atom. The zero-order valence-corrected chi connectivity index (χ0v) is 26.9. The second-order valence-corrected chi connectivity index (χ2v) is 13.2. The first-order valence-electron chi connectivity index (χ1n) is 15.2. The van der Waals surface area contributed by atoms with Crippen molar-refractivity contribution < 1.29 is 23.9 Å². The number of carboxylic acids is 1. The Morgan fingerprint density at radius 1 is 1.12 bits per heavy atom. The fourth-order valence-corrected chi connectivity index (χ4v) is 5.54. The predicted molar refractivity (Wildman–Crippen MR) is 169 cm³/mol. The number of hydrogen-bond donors (Lipinski definition) is 2. The summed E-state index contributed by atoms with van der Waals surface area (Å²) in [7, 11) is 0. The minimum atomic E-state index is -0.981. The highest BCUT2D eigenvalue weighted by molar-refractivity contribution is 6.47. The monoisotopic (exact) mass is 613 g/mol. The van der Waals surface area contributed by atoms with E-state index in [-0.39, 0.29) is 47.0 Å². The lowest BCUT2D eigenvalue weighted by Gasteiger charge is -2.41. The van der Waals surface area contributed by atoms with Gasteiger partial charge in [0.2, 0.25) is 0 Å². The van der Waals surface area contributed by atoms with Crippen LogP contribution in [0.15, 0.2) is 47.5 Å². The maximum atomic E-state index is 14.3. The third kappa shape index (κ3) is 8.65. The molecule has 43 heavy (non-hydrogen) atoms. The fraction of sp³-hybridized carbons (Fsp3) is 0.529. The van der Waals surface area contributed by atoms with E-state index in [2.05, 4.69) is 39.9 Å². The van der Waals surface area contributed by atoms with Crippen molar-refractivity contribution in [2.24, 2.45) is 16.3 Å². The maximum absolute atomic E-state index is 14.3. The molecule has 3 atom stereocenters. The summed E-state index contributed by atoms with van der Waals surface area (Å²) in [5, 5.41) is 11.4. The summed E-state index contributed by atoms with van der Waals surface area (Å²) in [6.45, 7) is 13.0. The van der Waals surface area contributed by atoms with E-state index in [4.69, 9.17) is 21.7 Å². The van der Waals surface area contributed by atoms with Crippen molar-refractivity contribution in [3.63, 3.8) is 0 Å². The number of aliphatic imine (C=N–C) groups is 1. The topological polar surface area (TPSA) is 99.1 Å². The zero-order valence-electron chi connectivity index (χ0n) is 26.2. The highest BCUT2D eigenvalue weighted by atomic mass is 35.5. The predicted octanol–water partition coefficient (Wildman–Crippen LogP) is 7.82. The van der Waals surface area contributed by atoms with Gasteiger partial charge in [0.15, 0.2) is 0 Å². The molecule has 0 saturated heterocycles. The molecule has 0 fully saturated rings. The number of carbonyl (C=O) groups is 3. The first-order chi connectivity index (χ1) is 20.2. The number of benzene rings is 2. The van der Waals surface area contributed by atoms with Gasteiger partial charge in [-0.3, -0.25) is 19.4 Å². The molecule has 7 nitrogen and oxygen atoms in total. The lowest BCUT2D eigenvalue weighted by atomic mass is 9.78. The summed E-state index contributed by atoms with van der Waals surface area (Å²) in [4.78, 5) is 44.6. The van der Waals surface area contributed by atoms with Gasteiger partial charge in [-0.2, -0.15) is 0 Å². The maximum Gasteiger partial charge on any atom is 0.305 e. The molecule has 3 rings (SSSR count). The highest BCUT2D eigenvalue weighted by Crippen LogP contribution is 2.42. The molecule has 9 heteroatoms. The molecule has 0 radical (unpaired) electrons. The number of nitrogens with one attached hydrogen (secondary N) is 1. The molecular weight excluding hydrogens is 569 g/mol. The summed E-state index contributed by atoms with van der Waals surface area (Å²) >= 11 is 6.11. The van der Waals surface area contributed by atoms with Crippen molar-refractivity contribution in [2.45, 2.75) is 98.2 Å². The average Bonchev–Trinajstić information content (AvgIpc) is 3.20. The van der Waals surface area contributed by atoms with Crippen LogP contribution < -0.4 is 5.32 Å². The Morgan fingerprint density at radius 2 is 1.79 bits per heavy atom. The van der Waals surface area contributed by atoms with Gasteiger partial charge in [-0.25, -0.2) is 4.39 Å². The van der Waals surface area contributed by atoms with Gasteiger partial charge >= 0.3 is 5.97 Å². The number of carboxylic acid groups (broad SMARTS) is 1. The number of halogens is 2. The van der Waals surface area contributed by atoms with Gasteiger partial charge in [-0.1, -0.05) is 77.6 Å². The van der Waals surface area contributed by atoms with E-state index in [1.165, 1.54) is 12.1 Å². The Balaban J connectivity index is 2.02. The molecular formula is C34H45ClFN3O4. The average molecular weight is 614 g/mol. The molecule has 1 aliphatic heterocycles. The van der Waals surface area contributed by atoms with Gasteiger partial charge in [0, 0.05) is 17.7 Å². The van der Waals surface area contributed by atoms with Crippen molar-refractivity contribution in [3.8, 4) is 0 Å². The normalized spacial score (nSPS) is 18.4. The third-order valence-corrected chi connectivity index (χ3v) is 8.88. The minimum Gasteiger partial charge on any atom is -0.481 e. The number of nitrogens with zero attached hydrogens (tertiary/aromatic N) is 2. The summed E-state index contributed by atoms with van der Waals surface area (Å²) in [6, 6.07) is 11.1. The molecule has 1 aliphatic rings. The quantitative estimate of drug-likeness (QED) is 0.212. The number of unbranched alkanes of at least 4 members (excludes halogenated alkanes) is 2. The number of aliphatic carboxylic acids is 1. The van der Waals surface area contributed by atoms with Gasteiger partial charge in [-0.15, -0.1) is 0 Å². The van der Waals surface area contributed by atoms with E-state index < -0.39 is 17.4 Å². The van der Waals surface area contributed by atoms with Crippen LogP contribution in [-0.4, -0.2) is 45.7 Å². The Hall–Kier alpha value is -3.26. The van der Waals surface area contributed by atoms with E-state index in [9.17, 15) is 18.8 Å². The molecule has 0 aromatic heterocycles. The summed E-state index contributed by atoms with van der Waals surface area (Å²) < 4.78 is 14.0. The van der Waals surface area contributed by atoms with Crippen LogP contribution in [-0.2, 0) is 9.59 Å². The lowest BCUT2D eigenvalue weighted by Crippen LogP contribution is -2.47. The van der Waals surface area contributed by atoms with E-state index in [1.54, 1.807) is 18.2 Å². The molecule has 1 heterocycles. The van der Waals surface area contributed by atoms with E-state index in [1.807, 2.05) is 24.0 Å². The molecule has 0 bridgehead atoms. The molecule has 234 valence electrons. The number of amides is 2. The van der Waals surface area contributed by atoms with E-state index in [0.717, 1.165) is 31.2 Å². The second kappa shape index (κ2) is 14.5. The number of hydrogen-bond acceptors (Lipinski definition) is 4. The van der Waals surface area contributed by atoms with Gasteiger partial charge in [0.25, 0.3) is 11.8 Å². The number of carbonyl (C=O) groups excluding carboxylic acids is 2. The van der Waals surface area contributed by atoms with E-state index in [0.29, 0.717) is 29.9 Å². The summed E-state index contributed by atoms with van der Waals surface area (Å²) in [6.07, 6.45) is 4.96. The summed E-state index contributed by atoms with van der Waals surface area (Å²) in [5.74, 6) is -1.75. The van der Waals surface area contributed by atoms with Crippen LogP contribution in [0.4, 0.5) is 4.39 Å². The number of rotatable bonds is 14. The van der Waals surface area contributed by atoms with Crippen molar-refractivity contribution >= 4 is 35.1 Å². The van der Waals surface area contributed by atoms with Crippen LogP contribution in [0, 0.1) is 17.2 Å². The van der Waals surface area contributed by atoms with Crippen LogP contribution in [0.1, 0.15) is 114 Å². The molecule has 0 saturated carbocycles. The first kappa shape index (κ1) is 34.2. The molecule has 2 N–H and O–H groups in total. The van der Waals surface area contributed by atoms with Gasteiger partial charge in [0.05, 0.1) is 17.5 Å². The van der Waals surface area contributed by atoms with Crippen LogP contribution in [0.5, 0.6) is 0 Å². The zero-order chi connectivity index (χ0) is 31.9. The Labute approximate surface area is 259 Å². The molecule has 2 unspecified atom stereocenters. The minimum absolute atomic E-state index is 0.0384. The van der Waals surface area contributed by atoms with Gasteiger partial charge < -0.3 is 15.3 Å². The molecule has 0 aliphatic carbocycles. The first-order valence-corrected chi connectivity index (χ1v) is 15.5. The third-order valence-electron chi connectivity index (χ3n) is 8.59. The van der Waals surface area contributed by atoms with Gasteiger partial charge in [0.1, 0.15) is 17.2 Å². The summed E-state index contributed by atoms with van der Waals surface area (Å²) in [5.41, 5.74) is 1.28. The van der Waals surface area contributed by atoms with Crippen LogP contribution in [0.3, 0.4) is 0 Å². The lowest BCUT2D eigenvalue weighted by molar-refractivity contribution is -0.137. The highest BCUT2D eigenvalue weighted by Gasteiger charge is 2.47. The Bertz CT molecular complexity index is 1340. The largest absolute Gasteiger partial charge is 0.481 e. The van der Waals surface area contributed by atoms with Crippen molar-refractivity contribution in [3.05, 3.63) is 70.0 Å². The molecule has 2 aromatic carbocycles. The second-order valence-electron chi connectivity index (χ2n) is 12.8. The van der Waals surface area contributed by atoms with Gasteiger partial charge in [-0.05, 0) is 73.4 Å². The van der Waals surface area contributed by atoms with E-state index >= 15 is 0 Å². The molecule has 0 spiro atoms. The SMILES string of the molecule is CCCCC[C@H](c1ccc(C(=O)NCCC(=O)O)cc1)N1C(=O)C(c2ccc(F)c(Cl)c2)=NC1(C)CCC(C)C(C)(C)C. The Kier molecular flexibility index (Phi) is 11.5. The van der Waals surface area contributed by atoms with Crippen molar-refractivity contribution in [1.82, 2.24) is 10.2 Å². The van der Waals surface area contributed by atoms with Crippen LogP contribution in [0.25, 0.3) is 0 Å². The molecule has 2 amide bonds. The van der Waals surface area contributed by atoms with Crippen LogP contribution in [0.2, 0.25) is 5.02 Å². The smallest absolute Gasteiger partial charge is 0.305 e.